The molecule has 0 amide bonds. The minimum absolute atomic E-state index is 0.268. The molecule has 0 unspecified atom stereocenters. The summed E-state index contributed by atoms with van der Waals surface area (Å²) in [5, 5.41) is 0.383. The first-order valence-electron chi connectivity index (χ1n) is 4.71. The molecule has 0 aliphatic carbocycles. The van der Waals surface area contributed by atoms with Crippen LogP contribution in [0.15, 0.2) is 23.1 Å². The summed E-state index contributed by atoms with van der Waals surface area (Å²) in [6.45, 7) is 1.70. The van der Waals surface area contributed by atoms with Crippen LogP contribution in [0.1, 0.15) is 16.1 Å². The van der Waals surface area contributed by atoms with Crippen molar-refractivity contribution in [2.75, 3.05) is 7.11 Å². The van der Waals surface area contributed by atoms with E-state index in [1.54, 1.807) is 13.0 Å². The summed E-state index contributed by atoms with van der Waals surface area (Å²) in [5.41, 5.74) is 1.15. The van der Waals surface area contributed by atoms with Crippen LogP contribution in [0.3, 0.4) is 0 Å². The van der Waals surface area contributed by atoms with E-state index in [4.69, 9.17) is 0 Å². The fourth-order valence-electron chi connectivity index (χ4n) is 1.52. The maximum absolute atomic E-state index is 11.5. The van der Waals surface area contributed by atoms with Gasteiger partial charge in [0.15, 0.2) is 0 Å². The highest BCUT2D eigenvalue weighted by Crippen LogP contribution is 2.13. The molecule has 0 radical (unpaired) electrons. The fourth-order valence-corrected chi connectivity index (χ4v) is 1.52. The Morgan fingerprint density at radius 3 is 2.94 bits per heavy atom. The number of hydrogen-bond acceptors (Lipinski definition) is 4. The van der Waals surface area contributed by atoms with Gasteiger partial charge in [-0.15, -0.1) is 0 Å². The highest BCUT2D eigenvalue weighted by molar-refractivity contribution is 5.94. The van der Waals surface area contributed by atoms with E-state index in [2.05, 4.69) is 14.7 Å². The van der Waals surface area contributed by atoms with Crippen LogP contribution in [-0.4, -0.2) is 23.0 Å². The second-order valence-electron chi connectivity index (χ2n) is 3.35. The van der Waals surface area contributed by atoms with Crippen molar-refractivity contribution >= 4 is 16.9 Å². The summed E-state index contributed by atoms with van der Waals surface area (Å²) < 4.78 is 4.61. The van der Waals surface area contributed by atoms with Gasteiger partial charge in [-0.1, -0.05) is 0 Å². The van der Waals surface area contributed by atoms with Crippen molar-refractivity contribution in [1.29, 1.82) is 0 Å². The summed E-state index contributed by atoms with van der Waals surface area (Å²) in [5.74, 6) is -0.491. The maximum Gasteiger partial charge on any atom is 0.339 e. The van der Waals surface area contributed by atoms with Gasteiger partial charge in [-0.05, 0) is 19.1 Å². The smallest absolute Gasteiger partial charge is 0.339 e. The second kappa shape index (κ2) is 3.77. The molecule has 16 heavy (non-hydrogen) atoms. The molecule has 2 rings (SSSR count). The SMILES string of the molecule is COC(=O)c1cc2c(=O)[nH]ccc2nc1C. The number of nitrogens with one attached hydrogen (secondary N) is 1. The summed E-state index contributed by atoms with van der Waals surface area (Å²) in [6.07, 6.45) is 1.52. The molecule has 5 heteroatoms. The predicted molar refractivity (Wildman–Crippen MR) is 58.4 cm³/mol. The van der Waals surface area contributed by atoms with Crippen LogP contribution < -0.4 is 5.56 Å². The van der Waals surface area contributed by atoms with Gasteiger partial charge in [0, 0.05) is 6.20 Å². The van der Waals surface area contributed by atoms with Gasteiger partial charge >= 0.3 is 5.97 Å². The number of rotatable bonds is 1. The van der Waals surface area contributed by atoms with Gasteiger partial charge in [0.1, 0.15) is 0 Å². The highest BCUT2D eigenvalue weighted by Gasteiger charge is 2.12. The van der Waals surface area contributed by atoms with Gasteiger partial charge in [-0.3, -0.25) is 9.78 Å². The molecule has 0 spiro atoms. The maximum atomic E-state index is 11.5. The number of carbonyl (C=O) groups excluding carboxylic acids is 1. The number of fused-ring (bicyclic) bond motifs is 1. The molecule has 2 aromatic rings. The van der Waals surface area contributed by atoms with E-state index in [9.17, 15) is 9.59 Å². The minimum atomic E-state index is -0.491. The summed E-state index contributed by atoms with van der Waals surface area (Å²) in [4.78, 5) is 29.6. The van der Waals surface area contributed by atoms with Crippen LogP contribution in [0.25, 0.3) is 10.9 Å². The van der Waals surface area contributed by atoms with Crippen LogP contribution in [-0.2, 0) is 4.74 Å². The first kappa shape index (κ1) is 10.4. The first-order chi connectivity index (χ1) is 7.63. The topological polar surface area (TPSA) is 72.1 Å². The van der Waals surface area contributed by atoms with Gasteiger partial charge in [-0.2, -0.15) is 0 Å². The van der Waals surface area contributed by atoms with Crippen molar-refractivity contribution < 1.29 is 9.53 Å². The van der Waals surface area contributed by atoms with E-state index in [-0.39, 0.29) is 5.56 Å². The third-order valence-electron chi connectivity index (χ3n) is 2.35. The zero-order valence-electron chi connectivity index (χ0n) is 8.90. The quantitative estimate of drug-likeness (QED) is 0.725. The van der Waals surface area contributed by atoms with Crippen molar-refractivity contribution in [3.05, 3.63) is 39.9 Å². The van der Waals surface area contributed by atoms with Gasteiger partial charge in [0.2, 0.25) is 0 Å². The lowest BCUT2D eigenvalue weighted by atomic mass is 10.1. The number of pyridine rings is 2. The van der Waals surface area contributed by atoms with Crippen molar-refractivity contribution in [2.24, 2.45) is 0 Å². The number of aromatic amines is 1. The largest absolute Gasteiger partial charge is 0.465 e. The Hall–Kier alpha value is -2.17. The van der Waals surface area contributed by atoms with Crippen molar-refractivity contribution in [3.8, 4) is 0 Å². The number of methoxy groups -OCH3 is 1. The number of nitrogens with zero attached hydrogens (tertiary/aromatic N) is 1. The first-order valence-corrected chi connectivity index (χ1v) is 4.71. The fraction of sp³-hybridized carbons (Fsp3) is 0.182. The van der Waals surface area contributed by atoms with Crippen molar-refractivity contribution in [1.82, 2.24) is 9.97 Å². The number of carbonyl (C=O) groups is 1. The normalized spacial score (nSPS) is 10.4. The van der Waals surface area contributed by atoms with E-state index < -0.39 is 5.97 Å². The lowest BCUT2D eigenvalue weighted by molar-refractivity contribution is 0.0599. The van der Waals surface area contributed by atoms with E-state index in [1.165, 1.54) is 19.4 Å². The zero-order chi connectivity index (χ0) is 11.7. The Bertz CT molecular complexity index is 616. The molecule has 0 atom stereocenters. The lowest BCUT2D eigenvalue weighted by Crippen LogP contribution is -2.10. The molecule has 0 fully saturated rings. The van der Waals surface area contributed by atoms with Gasteiger partial charge in [-0.25, -0.2) is 4.79 Å². The van der Waals surface area contributed by atoms with Crippen LogP contribution >= 0.6 is 0 Å². The minimum Gasteiger partial charge on any atom is -0.465 e. The number of aryl methyl sites for hydroxylation is 1. The third kappa shape index (κ3) is 1.56. The molecule has 2 aromatic heterocycles. The molecule has 0 saturated heterocycles. The lowest BCUT2D eigenvalue weighted by Gasteiger charge is -2.04. The van der Waals surface area contributed by atoms with E-state index in [0.29, 0.717) is 22.2 Å². The molecule has 0 saturated carbocycles. The Morgan fingerprint density at radius 2 is 2.25 bits per heavy atom. The predicted octanol–water partition coefficient (Wildman–Crippen LogP) is 1.02. The monoisotopic (exact) mass is 218 g/mol. The van der Waals surface area contributed by atoms with Crippen molar-refractivity contribution in [3.63, 3.8) is 0 Å². The van der Waals surface area contributed by atoms with E-state index in [1.807, 2.05) is 0 Å². The molecular formula is C11H10N2O3. The Labute approximate surface area is 91.1 Å². The number of esters is 1. The number of H-pyrrole nitrogens is 1. The molecule has 1 N–H and O–H groups in total. The average Bonchev–Trinajstić information content (AvgIpc) is 2.28. The molecule has 0 aromatic carbocycles. The molecule has 5 nitrogen and oxygen atoms in total. The van der Waals surface area contributed by atoms with Crippen molar-refractivity contribution in [2.45, 2.75) is 6.92 Å². The Morgan fingerprint density at radius 1 is 1.50 bits per heavy atom. The van der Waals surface area contributed by atoms with Crippen LogP contribution in [0, 0.1) is 6.92 Å². The number of hydrogen-bond donors (Lipinski definition) is 1. The van der Waals surface area contributed by atoms with Crippen LogP contribution in [0.5, 0.6) is 0 Å². The third-order valence-corrected chi connectivity index (χ3v) is 2.35. The molecular weight excluding hydrogens is 208 g/mol. The molecule has 2 heterocycles. The van der Waals surface area contributed by atoms with Gasteiger partial charge < -0.3 is 9.72 Å². The Kier molecular flexibility index (Phi) is 2.44. The van der Waals surface area contributed by atoms with Gasteiger partial charge in [0.25, 0.3) is 5.56 Å². The number of aromatic nitrogens is 2. The molecule has 82 valence electrons. The Balaban J connectivity index is 2.79. The second-order valence-corrected chi connectivity index (χ2v) is 3.35. The highest BCUT2D eigenvalue weighted by atomic mass is 16.5. The molecule has 0 bridgehead atoms. The van der Waals surface area contributed by atoms with Crippen LogP contribution in [0.2, 0.25) is 0 Å². The van der Waals surface area contributed by atoms with E-state index in [0.717, 1.165) is 0 Å². The molecule has 0 aliphatic heterocycles. The van der Waals surface area contributed by atoms with E-state index >= 15 is 0 Å². The number of ether oxygens (including phenoxy) is 1. The van der Waals surface area contributed by atoms with Gasteiger partial charge in [0.05, 0.1) is 29.3 Å². The zero-order valence-corrected chi connectivity index (χ0v) is 8.90. The average molecular weight is 218 g/mol. The van der Waals surface area contributed by atoms with Crippen LogP contribution in [0.4, 0.5) is 0 Å². The standard InChI is InChI=1S/C11H10N2O3/c1-6-7(11(15)16-2)5-8-9(13-6)3-4-12-10(8)14/h3-5H,1-2H3,(H,12,14). The summed E-state index contributed by atoms with van der Waals surface area (Å²) >= 11 is 0. The summed E-state index contributed by atoms with van der Waals surface area (Å²) in [6, 6.07) is 3.19. The summed E-state index contributed by atoms with van der Waals surface area (Å²) in [7, 11) is 1.29. The molecule has 0 aliphatic rings.